The number of nitrogen functional groups attached to an aromatic ring is 1. The number of aryl methyl sites for hydroxylation is 3. The van der Waals surface area contributed by atoms with Crippen LogP contribution in [0.5, 0.6) is 0 Å². The second-order valence-electron chi connectivity index (χ2n) is 5.19. The molecule has 2 aromatic carbocycles. The molecule has 0 aliphatic rings. The van der Waals surface area contributed by atoms with Gasteiger partial charge in [0.15, 0.2) is 5.82 Å². The minimum Gasteiger partial charge on any atom is -0.398 e. The van der Waals surface area contributed by atoms with Gasteiger partial charge in [0.2, 0.25) is 0 Å². The molecule has 0 aliphatic heterocycles. The molecule has 0 saturated heterocycles. The molecule has 21 heavy (non-hydrogen) atoms. The van der Waals surface area contributed by atoms with Crippen molar-refractivity contribution < 1.29 is 0 Å². The van der Waals surface area contributed by atoms with E-state index in [-0.39, 0.29) is 0 Å². The van der Waals surface area contributed by atoms with Gasteiger partial charge in [-0.2, -0.15) is 4.68 Å². The molecule has 3 rings (SSSR count). The molecular weight excluding hydrogens is 262 g/mol. The summed E-state index contributed by atoms with van der Waals surface area (Å²) in [4.78, 5) is 0. The molecule has 0 bridgehead atoms. The van der Waals surface area contributed by atoms with Gasteiger partial charge in [-0.1, -0.05) is 30.3 Å². The minimum atomic E-state index is 0.661. The average Bonchev–Trinajstić information content (AvgIpc) is 2.91. The lowest BCUT2D eigenvalue weighted by molar-refractivity contribution is 0.783. The lowest BCUT2D eigenvalue weighted by Crippen LogP contribution is -2.06. The molecule has 0 aliphatic carbocycles. The number of rotatable bonds is 2. The van der Waals surface area contributed by atoms with Crippen LogP contribution in [0.3, 0.4) is 0 Å². The van der Waals surface area contributed by atoms with Crippen molar-refractivity contribution in [3.8, 4) is 17.1 Å². The second-order valence-corrected chi connectivity index (χ2v) is 5.19. The SMILES string of the molecule is Cc1cccc(-c2nnnn2-c2c(C)cccc2C)c1N. The van der Waals surface area contributed by atoms with Crippen molar-refractivity contribution in [2.45, 2.75) is 20.8 Å². The normalized spacial score (nSPS) is 10.8. The van der Waals surface area contributed by atoms with Gasteiger partial charge in [0, 0.05) is 11.3 Å². The van der Waals surface area contributed by atoms with Crippen LogP contribution in [0, 0.1) is 20.8 Å². The van der Waals surface area contributed by atoms with Gasteiger partial charge in [-0.25, -0.2) is 0 Å². The van der Waals surface area contributed by atoms with E-state index in [1.54, 1.807) is 4.68 Å². The molecular formula is C16H17N5. The summed E-state index contributed by atoms with van der Waals surface area (Å²) in [6, 6.07) is 12.0. The lowest BCUT2D eigenvalue weighted by Gasteiger charge is -2.12. The van der Waals surface area contributed by atoms with Crippen LogP contribution >= 0.6 is 0 Å². The zero-order chi connectivity index (χ0) is 15.0. The summed E-state index contributed by atoms with van der Waals surface area (Å²) in [7, 11) is 0. The maximum atomic E-state index is 6.19. The van der Waals surface area contributed by atoms with E-state index < -0.39 is 0 Å². The van der Waals surface area contributed by atoms with Crippen LogP contribution in [0.4, 0.5) is 5.69 Å². The first-order valence-electron chi connectivity index (χ1n) is 6.80. The number of tetrazole rings is 1. The van der Waals surface area contributed by atoms with E-state index in [0.29, 0.717) is 11.5 Å². The van der Waals surface area contributed by atoms with E-state index in [2.05, 4.69) is 15.5 Å². The number of benzene rings is 2. The summed E-state index contributed by atoms with van der Waals surface area (Å²) < 4.78 is 1.76. The van der Waals surface area contributed by atoms with Crippen LogP contribution in [0.15, 0.2) is 36.4 Å². The topological polar surface area (TPSA) is 69.6 Å². The molecule has 0 unspecified atom stereocenters. The maximum absolute atomic E-state index is 6.19. The number of para-hydroxylation sites is 2. The highest BCUT2D eigenvalue weighted by Crippen LogP contribution is 2.29. The first-order valence-corrected chi connectivity index (χ1v) is 6.80. The Morgan fingerprint density at radius 3 is 2.24 bits per heavy atom. The van der Waals surface area contributed by atoms with Gasteiger partial charge in [0.25, 0.3) is 0 Å². The van der Waals surface area contributed by atoms with Crippen molar-refractivity contribution in [3.63, 3.8) is 0 Å². The number of nitrogens with zero attached hydrogens (tertiary/aromatic N) is 4. The van der Waals surface area contributed by atoms with Crippen LogP contribution in [0.25, 0.3) is 17.1 Å². The van der Waals surface area contributed by atoms with Crippen molar-refractivity contribution in [1.82, 2.24) is 20.2 Å². The number of anilines is 1. The summed E-state index contributed by atoms with van der Waals surface area (Å²) in [5, 5.41) is 12.2. The Hall–Kier alpha value is -2.69. The number of aromatic nitrogens is 4. The highest BCUT2D eigenvalue weighted by Gasteiger charge is 2.16. The first-order chi connectivity index (χ1) is 10.1. The van der Waals surface area contributed by atoms with Crippen molar-refractivity contribution in [3.05, 3.63) is 53.1 Å². The van der Waals surface area contributed by atoms with E-state index in [9.17, 15) is 0 Å². The molecule has 0 spiro atoms. The molecule has 5 heteroatoms. The van der Waals surface area contributed by atoms with Crippen LogP contribution in [-0.2, 0) is 0 Å². The van der Waals surface area contributed by atoms with Gasteiger partial charge in [-0.3, -0.25) is 0 Å². The molecule has 0 atom stereocenters. The third-order valence-corrected chi connectivity index (χ3v) is 3.69. The molecule has 0 amide bonds. The molecule has 1 heterocycles. The van der Waals surface area contributed by atoms with E-state index in [1.807, 2.05) is 57.2 Å². The highest BCUT2D eigenvalue weighted by atomic mass is 15.5. The second kappa shape index (κ2) is 5.01. The quantitative estimate of drug-likeness (QED) is 0.732. The fraction of sp³-hybridized carbons (Fsp3) is 0.188. The monoisotopic (exact) mass is 279 g/mol. The standard InChI is InChI=1S/C16H17N5/c1-10-6-5-9-13(14(10)17)16-18-19-20-21(16)15-11(2)7-4-8-12(15)3/h4-9H,17H2,1-3H3. The van der Waals surface area contributed by atoms with Crippen LogP contribution in [0.1, 0.15) is 16.7 Å². The van der Waals surface area contributed by atoms with Gasteiger partial charge in [0.1, 0.15) is 0 Å². The fourth-order valence-electron chi connectivity index (χ4n) is 2.52. The van der Waals surface area contributed by atoms with E-state index >= 15 is 0 Å². The molecule has 0 saturated carbocycles. The third kappa shape index (κ3) is 2.16. The molecule has 5 nitrogen and oxygen atoms in total. The van der Waals surface area contributed by atoms with Gasteiger partial charge in [-0.15, -0.1) is 5.10 Å². The Morgan fingerprint density at radius 1 is 0.905 bits per heavy atom. The molecule has 0 fully saturated rings. The molecule has 3 aromatic rings. The van der Waals surface area contributed by atoms with E-state index in [1.165, 1.54) is 0 Å². The fourth-order valence-corrected chi connectivity index (χ4v) is 2.52. The Balaban J connectivity index is 2.25. The minimum absolute atomic E-state index is 0.661. The van der Waals surface area contributed by atoms with Crippen LogP contribution in [-0.4, -0.2) is 20.2 Å². The Labute approximate surface area is 123 Å². The Morgan fingerprint density at radius 2 is 1.52 bits per heavy atom. The van der Waals surface area contributed by atoms with Crippen LogP contribution < -0.4 is 5.73 Å². The largest absolute Gasteiger partial charge is 0.398 e. The predicted octanol–water partition coefficient (Wildman–Crippen LogP) is 2.84. The van der Waals surface area contributed by atoms with Crippen molar-refractivity contribution in [1.29, 1.82) is 0 Å². The third-order valence-electron chi connectivity index (χ3n) is 3.69. The molecule has 2 N–H and O–H groups in total. The number of nitrogens with two attached hydrogens (primary N) is 1. The average molecular weight is 279 g/mol. The molecule has 0 radical (unpaired) electrons. The summed E-state index contributed by atoms with van der Waals surface area (Å²) in [5.74, 6) is 0.661. The van der Waals surface area contributed by atoms with Gasteiger partial charge in [0.05, 0.1) is 5.69 Å². The van der Waals surface area contributed by atoms with Crippen molar-refractivity contribution >= 4 is 5.69 Å². The summed E-state index contributed by atoms with van der Waals surface area (Å²) >= 11 is 0. The van der Waals surface area contributed by atoms with Crippen molar-refractivity contribution in [2.75, 3.05) is 5.73 Å². The van der Waals surface area contributed by atoms with Crippen LogP contribution in [0.2, 0.25) is 0 Å². The predicted molar refractivity (Wildman–Crippen MR) is 83.2 cm³/mol. The van der Waals surface area contributed by atoms with Gasteiger partial charge >= 0.3 is 0 Å². The van der Waals surface area contributed by atoms with E-state index in [4.69, 9.17) is 5.73 Å². The molecule has 1 aromatic heterocycles. The van der Waals surface area contributed by atoms with Gasteiger partial charge < -0.3 is 5.73 Å². The zero-order valence-electron chi connectivity index (χ0n) is 12.3. The maximum Gasteiger partial charge on any atom is 0.189 e. The Kier molecular flexibility index (Phi) is 3.17. The summed E-state index contributed by atoms with van der Waals surface area (Å²) in [6.07, 6.45) is 0. The highest BCUT2D eigenvalue weighted by molar-refractivity contribution is 5.75. The van der Waals surface area contributed by atoms with Gasteiger partial charge in [-0.05, 0) is 54.0 Å². The number of hydrogen-bond acceptors (Lipinski definition) is 4. The first kappa shape index (κ1) is 13.3. The smallest absolute Gasteiger partial charge is 0.189 e. The Bertz CT molecular complexity index is 784. The lowest BCUT2D eigenvalue weighted by atomic mass is 10.1. The summed E-state index contributed by atoms with van der Waals surface area (Å²) in [5.41, 5.74) is 12.0. The number of hydrogen-bond donors (Lipinski definition) is 1. The zero-order valence-corrected chi connectivity index (χ0v) is 12.3. The van der Waals surface area contributed by atoms with E-state index in [0.717, 1.165) is 27.9 Å². The summed E-state index contributed by atoms with van der Waals surface area (Å²) in [6.45, 7) is 6.08. The molecule has 106 valence electrons. The van der Waals surface area contributed by atoms with Crippen molar-refractivity contribution in [2.24, 2.45) is 0 Å².